The third-order valence-corrected chi connectivity index (χ3v) is 17.7. The van der Waals surface area contributed by atoms with Crippen LogP contribution in [-0.2, 0) is 0 Å². The molecule has 0 unspecified atom stereocenters. The van der Waals surface area contributed by atoms with Crippen molar-refractivity contribution in [2.75, 3.05) is 0 Å². The molecule has 0 saturated carbocycles. The molecule has 0 atom stereocenters. The molecule has 16 aromatic rings. The number of fused-ring (bicyclic) bond motifs is 9. The minimum absolute atomic E-state index is 0.0280. The quantitative estimate of drug-likeness (QED) is 0.137. The highest BCUT2D eigenvalue weighted by atomic mass is 15.0. The van der Waals surface area contributed by atoms with Crippen LogP contribution in [-0.4, -0.2) is 24.1 Å². The van der Waals surface area contributed by atoms with E-state index in [1.807, 2.05) is 36.4 Å². The zero-order chi connectivity index (χ0) is 57.4. The minimum Gasteiger partial charge on any atom is -0.309 e. The summed E-state index contributed by atoms with van der Waals surface area (Å²) >= 11 is 0. The van der Waals surface area contributed by atoms with Crippen LogP contribution in [0.15, 0.2) is 315 Å². The summed E-state index contributed by atoms with van der Waals surface area (Å²) in [5.74, 6) is 1.82. The van der Waals surface area contributed by atoms with Gasteiger partial charge in [0.2, 0.25) is 0 Å². The van der Waals surface area contributed by atoms with Crippen LogP contribution in [0.1, 0.15) is 22.6 Å². The van der Waals surface area contributed by atoms with Crippen molar-refractivity contribution in [3.05, 3.63) is 332 Å². The molecule has 3 aromatic heterocycles. The van der Waals surface area contributed by atoms with Crippen molar-refractivity contribution in [3.63, 3.8) is 0 Å². The van der Waals surface area contributed by atoms with E-state index < -0.39 is 0 Å². The second-order valence-corrected chi connectivity index (χ2v) is 22.6. The summed E-state index contributed by atoms with van der Waals surface area (Å²) in [6.07, 6.45) is 0. The molecule has 0 radical (unpaired) electrons. The van der Waals surface area contributed by atoms with Crippen molar-refractivity contribution < 1.29 is 0 Å². The molecular weight excluding hydrogens is 1050 g/mol. The lowest BCUT2D eigenvalue weighted by Crippen LogP contribution is -2.05. The third-order valence-electron chi connectivity index (χ3n) is 17.7. The summed E-state index contributed by atoms with van der Waals surface area (Å²) in [4.78, 5) is 16.0. The summed E-state index contributed by atoms with van der Waals surface area (Å²) in [6.45, 7) is 0. The molecule has 0 amide bonds. The Morgan fingerprint density at radius 1 is 0.230 bits per heavy atom. The molecule has 0 N–H and O–H groups in total. The first-order chi connectivity index (χ1) is 43.1. The van der Waals surface area contributed by atoms with E-state index in [1.54, 1.807) is 0 Å². The number of benzene rings is 13. The van der Waals surface area contributed by atoms with Gasteiger partial charge in [0.05, 0.1) is 27.8 Å². The Morgan fingerprint density at radius 3 is 1.13 bits per heavy atom. The summed E-state index contributed by atoms with van der Waals surface area (Å²) in [5, 5.41) is 4.77. The van der Waals surface area contributed by atoms with Crippen molar-refractivity contribution in [1.82, 2.24) is 24.1 Å². The van der Waals surface area contributed by atoms with E-state index in [1.165, 1.54) is 49.6 Å². The lowest BCUT2D eigenvalue weighted by atomic mass is 9.88. The molecule has 17 rings (SSSR count). The number of nitrogens with zero attached hydrogens (tertiary/aromatic N) is 5. The van der Waals surface area contributed by atoms with Gasteiger partial charge in [-0.25, -0.2) is 15.0 Å². The van der Waals surface area contributed by atoms with Crippen LogP contribution >= 0.6 is 0 Å². The van der Waals surface area contributed by atoms with E-state index in [2.05, 4.69) is 288 Å². The van der Waals surface area contributed by atoms with Crippen molar-refractivity contribution in [1.29, 1.82) is 0 Å². The second-order valence-electron chi connectivity index (χ2n) is 22.6. The number of hydrogen-bond acceptors (Lipinski definition) is 3. The van der Waals surface area contributed by atoms with Gasteiger partial charge in [-0.2, -0.15) is 0 Å². The maximum Gasteiger partial charge on any atom is 0.164 e. The smallest absolute Gasteiger partial charge is 0.164 e. The molecule has 0 saturated heterocycles. The predicted molar refractivity (Wildman–Crippen MR) is 359 cm³/mol. The van der Waals surface area contributed by atoms with E-state index in [0.717, 1.165) is 94.4 Å². The molecule has 13 aromatic carbocycles. The van der Waals surface area contributed by atoms with Gasteiger partial charge in [-0.3, -0.25) is 0 Å². The molecule has 0 aliphatic heterocycles. The third kappa shape index (κ3) is 8.50. The van der Waals surface area contributed by atoms with Crippen LogP contribution in [0.25, 0.3) is 145 Å². The van der Waals surface area contributed by atoms with E-state index in [-0.39, 0.29) is 5.92 Å². The van der Waals surface area contributed by atoms with Crippen molar-refractivity contribution in [2.24, 2.45) is 0 Å². The van der Waals surface area contributed by atoms with E-state index in [9.17, 15) is 0 Å². The molecule has 0 fully saturated rings. The minimum atomic E-state index is 0.0280. The van der Waals surface area contributed by atoms with Gasteiger partial charge in [-0.1, -0.05) is 267 Å². The van der Waals surface area contributed by atoms with Gasteiger partial charge >= 0.3 is 0 Å². The Kier molecular flexibility index (Phi) is 11.9. The van der Waals surface area contributed by atoms with Crippen LogP contribution in [0, 0.1) is 0 Å². The molecule has 0 bridgehead atoms. The maximum atomic E-state index is 5.41. The Morgan fingerprint density at radius 2 is 0.621 bits per heavy atom. The van der Waals surface area contributed by atoms with Crippen molar-refractivity contribution in [2.45, 2.75) is 5.92 Å². The molecule has 5 nitrogen and oxygen atoms in total. The molecule has 5 heteroatoms. The van der Waals surface area contributed by atoms with Crippen LogP contribution in [0.3, 0.4) is 0 Å². The summed E-state index contributed by atoms with van der Waals surface area (Å²) < 4.78 is 5.00. The fourth-order valence-corrected chi connectivity index (χ4v) is 13.6. The molecule has 1 aliphatic rings. The van der Waals surface area contributed by atoms with E-state index >= 15 is 0 Å². The van der Waals surface area contributed by atoms with E-state index in [0.29, 0.717) is 17.5 Å². The topological polar surface area (TPSA) is 48.5 Å². The summed E-state index contributed by atoms with van der Waals surface area (Å²) in [6, 6.07) is 114. The first-order valence-electron chi connectivity index (χ1n) is 29.8. The van der Waals surface area contributed by atoms with Gasteiger partial charge in [0.1, 0.15) is 0 Å². The Balaban J connectivity index is 0.992. The standard InChI is InChI=1S/C82H53N5/c1-5-21-53(22-6-1)55-37-41-57(42-38-55)71-49-62(82-84-80(59-25-9-3-10-26-59)83-81(85-82)60-27-11-4-12-28-60)50-72(58-43-39-56(40-44-58)54-23-7-2-8-24-54)79(71)87-76-48-46-63(86-74-35-19-17-31-66(74)67-32-18-20-36-75(67)86)52-73(76)68-47-45-61(51-77(68)87)78-69-33-15-13-29-64(69)65-30-14-16-34-70(65)78/h1-52,78H. The molecule has 3 heterocycles. The highest BCUT2D eigenvalue weighted by molar-refractivity contribution is 6.13. The van der Waals surface area contributed by atoms with E-state index in [4.69, 9.17) is 15.0 Å². The highest BCUT2D eigenvalue weighted by Crippen LogP contribution is 2.50. The van der Waals surface area contributed by atoms with Crippen molar-refractivity contribution >= 4 is 43.6 Å². The average Bonchev–Trinajstić information content (AvgIpc) is 2.68. The number of para-hydroxylation sites is 2. The van der Waals surface area contributed by atoms with Gasteiger partial charge in [0, 0.05) is 61.0 Å². The highest BCUT2D eigenvalue weighted by Gasteiger charge is 2.31. The summed E-state index contributed by atoms with van der Waals surface area (Å²) in [5.41, 5.74) is 24.6. The van der Waals surface area contributed by atoms with Gasteiger partial charge in [0.25, 0.3) is 0 Å². The fourth-order valence-electron chi connectivity index (χ4n) is 13.6. The van der Waals surface area contributed by atoms with Gasteiger partial charge in [0.15, 0.2) is 17.5 Å². The Bertz CT molecular complexity index is 5040. The lowest BCUT2D eigenvalue weighted by Gasteiger charge is -2.22. The largest absolute Gasteiger partial charge is 0.309 e. The van der Waals surface area contributed by atoms with Gasteiger partial charge < -0.3 is 9.13 Å². The van der Waals surface area contributed by atoms with Crippen LogP contribution < -0.4 is 0 Å². The summed E-state index contributed by atoms with van der Waals surface area (Å²) in [7, 11) is 0. The molecule has 87 heavy (non-hydrogen) atoms. The average molecular weight is 1110 g/mol. The van der Waals surface area contributed by atoms with Crippen molar-refractivity contribution in [3.8, 4) is 101 Å². The normalized spacial score (nSPS) is 12.1. The molecule has 1 aliphatic carbocycles. The van der Waals surface area contributed by atoms with Crippen LogP contribution in [0.5, 0.6) is 0 Å². The van der Waals surface area contributed by atoms with Crippen LogP contribution in [0.4, 0.5) is 0 Å². The zero-order valence-corrected chi connectivity index (χ0v) is 47.3. The lowest BCUT2D eigenvalue weighted by molar-refractivity contribution is 1.02. The Hall–Kier alpha value is -11.5. The fraction of sp³-hybridized carbons (Fsp3) is 0.0122. The van der Waals surface area contributed by atoms with Gasteiger partial charge in [-0.15, -0.1) is 0 Å². The second kappa shape index (κ2) is 20.7. The first kappa shape index (κ1) is 50.0. The SMILES string of the molecule is c1ccc(-c2ccc(-c3cc(-c4nc(-c5ccccc5)nc(-c5ccccc5)n4)cc(-c4ccc(-c5ccccc5)cc4)c3-n3c4ccc(-n5c6ccccc6c6ccccc65)cc4c4ccc(C5c6ccccc6-c6ccccc65)cc43)cc2)cc1. The monoisotopic (exact) mass is 1110 g/mol. The number of hydrogen-bond donors (Lipinski definition) is 0. The molecular formula is C82H53N5. The Labute approximate surface area is 504 Å². The maximum absolute atomic E-state index is 5.41. The predicted octanol–water partition coefficient (Wildman–Crippen LogP) is 20.9. The molecule has 0 spiro atoms. The number of rotatable bonds is 10. The number of aromatic nitrogens is 5. The molecule has 406 valence electrons. The van der Waals surface area contributed by atoms with Crippen LogP contribution in [0.2, 0.25) is 0 Å². The first-order valence-corrected chi connectivity index (χ1v) is 29.8. The zero-order valence-electron chi connectivity index (χ0n) is 47.3. The van der Waals surface area contributed by atoms with Gasteiger partial charge in [-0.05, 0) is 110 Å².